The Bertz CT molecular complexity index is 2480. The number of benzene rings is 4. The van der Waals surface area contributed by atoms with Crippen LogP contribution in [0.15, 0.2) is 95.8 Å². The largest absolute Gasteiger partial charge is 1.00 e. The van der Waals surface area contributed by atoms with Crippen LogP contribution in [0.4, 0.5) is 28.4 Å². The van der Waals surface area contributed by atoms with Crippen molar-refractivity contribution >= 4 is 106 Å². The van der Waals surface area contributed by atoms with Crippen LogP contribution >= 0.6 is 36.7 Å². The van der Waals surface area contributed by atoms with Gasteiger partial charge in [0.25, 0.3) is 0 Å². The van der Waals surface area contributed by atoms with Gasteiger partial charge in [-0.05, 0) is 54.6 Å². The Hall–Kier alpha value is 0.160. The second-order valence-corrected chi connectivity index (χ2v) is 18.0. The van der Waals surface area contributed by atoms with Gasteiger partial charge in [0.05, 0.1) is 69.9 Å². The summed E-state index contributed by atoms with van der Waals surface area (Å²) in [4.78, 5) is -0.656. The number of sulfone groups is 2. The second-order valence-electron chi connectivity index (χ2n) is 10.6. The maximum Gasteiger partial charge on any atom is 1.00 e. The van der Waals surface area contributed by atoms with E-state index in [4.69, 9.17) is 13.1 Å². The third kappa shape index (κ3) is 20.0. The average molecular weight is 1040 g/mol. The summed E-state index contributed by atoms with van der Waals surface area (Å²) < 4.78 is 113. The van der Waals surface area contributed by atoms with Crippen molar-refractivity contribution < 1.29 is 210 Å². The van der Waals surface area contributed by atoms with Crippen LogP contribution in [0.5, 0.6) is 11.5 Å². The van der Waals surface area contributed by atoms with Crippen molar-refractivity contribution in [2.75, 3.05) is 43.0 Å². The maximum absolute atomic E-state index is 13.0. The van der Waals surface area contributed by atoms with Gasteiger partial charge in [0.2, 0.25) is 0 Å². The molecule has 0 fully saturated rings. The number of phenols is 1. The number of anilines is 1. The zero-order valence-electron chi connectivity index (χ0n) is 33.3. The van der Waals surface area contributed by atoms with Crippen LogP contribution in [0, 0.1) is 0 Å². The van der Waals surface area contributed by atoms with Crippen molar-refractivity contribution in [3.05, 3.63) is 60.7 Å². The van der Waals surface area contributed by atoms with Gasteiger partial charge in [0, 0.05) is 10.8 Å². The van der Waals surface area contributed by atoms with Crippen molar-refractivity contribution in [3.8, 4) is 11.5 Å². The van der Waals surface area contributed by atoms with Gasteiger partial charge in [-0.25, -0.2) is 25.3 Å². The van der Waals surface area contributed by atoms with Crippen LogP contribution < -0.4 is 144 Å². The number of rotatable bonds is 25. The van der Waals surface area contributed by atoms with Gasteiger partial charge < -0.3 is 35.5 Å². The van der Waals surface area contributed by atoms with Gasteiger partial charge in [-0.1, -0.05) is 6.07 Å². The molecule has 0 spiro atoms. The summed E-state index contributed by atoms with van der Waals surface area (Å²) in [5.74, 6) is -2.88. The number of methoxy groups -OCH3 is 1. The molecule has 0 saturated carbocycles. The molecule has 0 amide bonds. The van der Waals surface area contributed by atoms with Gasteiger partial charge in [-0.3, -0.25) is 23.5 Å². The zero-order valence-corrected chi connectivity index (χ0v) is 46.2. The SMILES string of the molecule is COc1ccc(S(=O)(=O)CCOSOO[O-])cc1N=Nc1c(NCS(=O)(=O)[O-])ccc2c(O)c(N=Nc3cccc(S(=O)(=O)CCOSOO[O-])c3)c(SOO[O-])cc12.[Na+].[Na+].[Na+].[Na+]. The Balaban J connectivity index is 0.00000961. The molecular formula is C28H25N5Na4O20S6. The predicted molar refractivity (Wildman–Crippen MR) is 195 cm³/mol. The Labute approximate surface area is 460 Å². The second kappa shape index (κ2) is 31.3. The van der Waals surface area contributed by atoms with E-state index in [0.717, 1.165) is 12.1 Å². The molecule has 2 N–H and O–H groups in total. The molecule has 25 nitrogen and oxygen atoms in total. The van der Waals surface area contributed by atoms with E-state index in [1.807, 2.05) is 0 Å². The number of nitrogens with zero attached hydrogens (tertiary/aromatic N) is 4. The van der Waals surface area contributed by atoms with Crippen molar-refractivity contribution in [3.63, 3.8) is 0 Å². The van der Waals surface area contributed by atoms with Gasteiger partial charge in [0.15, 0.2) is 50.1 Å². The normalized spacial score (nSPS) is 11.8. The fraction of sp³-hybridized carbons (Fsp3) is 0.214. The summed E-state index contributed by atoms with van der Waals surface area (Å²) in [5.41, 5.74) is -0.929. The fourth-order valence-electron chi connectivity index (χ4n) is 4.58. The first-order valence-corrected chi connectivity index (χ1v) is 22.3. The van der Waals surface area contributed by atoms with Crippen molar-refractivity contribution in [2.24, 2.45) is 20.5 Å². The minimum Gasteiger partial charge on any atom is -0.747 e. The number of ether oxygens (including phenoxy) is 1. The van der Waals surface area contributed by atoms with Gasteiger partial charge in [-0.15, -0.1) is 24.0 Å². The van der Waals surface area contributed by atoms with Gasteiger partial charge in [0.1, 0.15) is 38.8 Å². The minimum atomic E-state index is -4.87. The number of fused-ring (bicyclic) bond motifs is 1. The quantitative estimate of drug-likeness (QED) is 0.0118. The molecule has 4 aromatic carbocycles. The standard InChI is InChI=1S/C28H29N5O20S6.4Na/c1-45-24-8-5-19(58(40,41)12-10-47-56-53-50-37)14-23(24)31-32-26-21-15-25(54-51-48-35)27(28(34)20(21)6-7-22(26)29-16-59(42,43)44)33-30-17-3-2-4-18(13-17)57(38,39)11-9-46-55-52-49-36;;;;/h2-8,13-15,29,34-37H,9-12,16H2,1H3,(H,42,43,44);;;;/q;4*+1/p-4. The molecule has 0 aliphatic rings. The van der Waals surface area contributed by atoms with Crippen LogP contribution in [0.2, 0.25) is 0 Å². The van der Waals surface area contributed by atoms with Crippen molar-refractivity contribution in [1.82, 2.24) is 0 Å². The number of aromatic hydroxyl groups is 1. The number of phenolic OH excluding ortho intramolecular Hbond substituents is 1. The van der Waals surface area contributed by atoms with Crippen LogP contribution in [0.25, 0.3) is 10.8 Å². The summed E-state index contributed by atoms with van der Waals surface area (Å²) in [5, 5.41) is 70.4. The molecule has 0 radical (unpaired) electrons. The van der Waals surface area contributed by atoms with E-state index in [1.54, 1.807) is 0 Å². The van der Waals surface area contributed by atoms with Gasteiger partial charge >= 0.3 is 118 Å². The number of hydrogen-bond donors (Lipinski definition) is 2. The van der Waals surface area contributed by atoms with E-state index in [2.05, 4.69) is 53.9 Å². The monoisotopic (exact) mass is 1030 g/mol. The van der Waals surface area contributed by atoms with Crippen LogP contribution in [-0.4, -0.2) is 72.6 Å². The smallest absolute Gasteiger partial charge is 0.747 e. The maximum atomic E-state index is 13.0. The zero-order chi connectivity index (χ0) is 43.1. The minimum absolute atomic E-state index is 0. The summed E-state index contributed by atoms with van der Waals surface area (Å²) in [7, 11) is -11.6. The fourth-order valence-corrected chi connectivity index (χ4v) is 8.26. The summed E-state index contributed by atoms with van der Waals surface area (Å²) in [6.45, 7) is -0.820. The third-order valence-electron chi connectivity index (χ3n) is 7.08. The number of hydrogen-bond acceptors (Lipinski definition) is 28. The van der Waals surface area contributed by atoms with Crippen LogP contribution in [0.3, 0.4) is 0 Å². The van der Waals surface area contributed by atoms with Crippen molar-refractivity contribution in [2.45, 2.75) is 14.7 Å². The molecule has 0 bridgehead atoms. The molecule has 0 aliphatic carbocycles. The van der Waals surface area contributed by atoms with E-state index >= 15 is 0 Å². The summed E-state index contributed by atoms with van der Waals surface area (Å²) >= 11 is 0.478. The first kappa shape index (κ1) is 63.2. The Morgan fingerprint density at radius 2 is 1.27 bits per heavy atom. The van der Waals surface area contributed by atoms with E-state index in [9.17, 15) is 50.7 Å². The molecule has 0 saturated heterocycles. The molecule has 4 aromatic rings. The molecule has 0 atom stereocenters. The third-order valence-corrected chi connectivity index (χ3v) is 12.3. The first-order valence-electron chi connectivity index (χ1n) is 15.3. The van der Waals surface area contributed by atoms with E-state index in [0.29, 0.717) is 0 Å². The number of nitrogens with one attached hydrogen (secondary N) is 1. The Morgan fingerprint density at radius 3 is 1.84 bits per heavy atom. The topological polar surface area (TPSA) is 359 Å². The Morgan fingerprint density at radius 1 is 0.683 bits per heavy atom. The molecule has 322 valence electrons. The van der Waals surface area contributed by atoms with E-state index < -0.39 is 66.1 Å². The van der Waals surface area contributed by atoms with E-state index in [1.165, 1.54) is 55.6 Å². The van der Waals surface area contributed by atoms with Crippen LogP contribution in [-0.2, 0) is 66.3 Å². The first-order chi connectivity index (χ1) is 28.1. The number of azo groups is 2. The molecule has 63 heavy (non-hydrogen) atoms. The predicted octanol–water partition coefficient (Wildman–Crippen LogP) is -9.30. The molecule has 0 aromatic heterocycles. The molecule has 4 rings (SSSR count). The molecule has 0 heterocycles. The molecule has 35 heteroatoms. The van der Waals surface area contributed by atoms with Crippen molar-refractivity contribution in [1.29, 1.82) is 0 Å². The van der Waals surface area contributed by atoms with Gasteiger partial charge in [-0.2, -0.15) is 9.45 Å². The molecular weight excluding hydrogens is 1010 g/mol. The van der Waals surface area contributed by atoms with Crippen LogP contribution in [0.1, 0.15) is 0 Å². The average Bonchev–Trinajstić information content (AvgIpc) is 3.20. The molecule has 0 unspecified atom stereocenters. The summed E-state index contributed by atoms with van der Waals surface area (Å²) in [6.07, 6.45) is 0. The molecule has 0 aliphatic heterocycles. The summed E-state index contributed by atoms with van der Waals surface area (Å²) in [6, 6.07) is 12.4. The van der Waals surface area contributed by atoms with E-state index in [-0.39, 0.29) is 215 Å². The Kier molecular flexibility index (Phi) is 31.4.